The summed E-state index contributed by atoms with van der Waals surface area (Å²) in [5.41, 5.74) is 2.10. The number of ether oxygens (including phenoxy) is 2. The average Bonchev–Trinajstić information content (AvgIpc) is 3.23. The minimum absolute atomic E-state index is 0. The third-order valence-electron chi connectivity index (χ3n) is 5.62. The van der Waals surface area contributed by atoms with Gasteiger partial charge in [0.15, 0.2) is 5.96 Å². The van der Waals surface area contributed by atoms with E-state index in [1.54, 1.807) is 19.2 Å². The molecule has 0 spiro atoms. The van der Waals surface area contributed by atoms with Crippen LogP contribution in [-0.2, 0) is 9.47 Å². The summed E-state index contributed by atoms with van der Waals surface area (Å²) in [6, 6.07) is 5.35. The van der Waals surface area contributed by atoms with Crippen LogP contribution in [0.4, 0.5) is 10.1 Å². The summed E-state index contributed by atoms with van der Waals surface area (Å²) in [6.07, 6.45) is 4.26. The first kappa shape index (κ1) is 25.1. The van der Waals surface area contributed by atoms with Gasteiger partial charge in [-0.15, -0.1) is 24.0 Å². The number of rotatable bonds is 8. The summed E-state index contributed by atoms with van der Waals surface area (Å²) in [4.78, 5) is 6.70. The molecule has 30 heavy (non-hydrogen) atoms. The number of guanidine groups is 1. The minimum atomic E-state index is -0.178. The van der Waals surface area contributed by atoms with Crippen LogP contribution >= 0.6 is 24.0 Å². The quantitative estimate of drug-likeness (QED) is 0.232. The molecule has 2 heterocycles. The molecule has 3 rings (SSSR count). The maximum absolute atomic E-state index is 13.4. The van der Waals surface area contributed by atoms with Crippen molar-refractivity contribution in [3.05, 3.63) is 29.6 Å². The smallest absolute Gasteiger partial charge is 0.191 e. The molecule has 2 unspecified atom stereocenters. The van der Waals surface area contributed by atoms with E-state index in [1.807, 2.05) is 13.0 Å². The third-order valence-corrected chi connectivity index (χ3v) is 5.62. The Hall–Kier alpha value is -1.13. The SMILES string of the molecule is CN=C(NCCCOCC1CCOC1)NC1CCCN(c2ccc(F)cc2C)C1.I. The number of hydrogen-bond donors (Lipinski definition) is 2. The second-order valence-electron chi connectivity index (χ2n) is 8.02. The molecule has 0 amide bonds. The van der Waals surface area contributed by atoms with Crippen LogP contribution in [0.15, 0.2) is 23.2 Å². The highest BCUT2D eigenvalue weighted by Crippen LogP contribution is 2.24. The monoisotopic (exact) mass is 534 g/mol. The number of halogens is 2. The lowest BCUT2D eigenvalue weighted by Gasteiger charge is -2.36. The molecule has 2 saturated heterocycles. The Kier molecular flexibility index (Phi) is 11.2. The molecule has 1 aromatic rings. The molecule has 2 aliphatic rings. The zero-order chi connectivity index (χ0) is 20.5. The lowest BCUT2D eigenvalue weighted by atomic mass is 10.0. The van der Waals surface area contributed by atoms with E-state index in [0.717, 1.165) is 89.0 Å². The first-order chi connectivity index (χ1) is 14.2. The number of nitrogens with one attached hydrogen (secondary N) is 2. The Morgan fingerprint density at radius 3 is 2.97 bits per heavy atom. The van der Waals surface area contributed by atoms with E-state index in [-0.39, 0.29) is 29.8 Å². The van der Waals surface area contributed by atoms with Gasteiger partial charge in [0, 0.05) is 57.5 Å². The number of benzene rings is 1. The van der Waals surface area contributed by atoms with Crippen LogP contribution in [0.3, 0.4) is 0 Å². The topological polar surface area (TPSA) is 58.1 Å². The third kappa shape index (κ3) is 7.85. The van der Waals surface area contributed by atoms with Crippen LogP contribution in [0.1, 0.15) is 31.2 Å². The van der Waals surface area contributed by atoms with Gasteiger partial charge in [0.05, 0.1) is 13.2 Å². The van der Waals surface area contributed by atoms with Crippen LogP contribution in [0, 0.1) is 18.7 Å². The summed E-state index contributed by atoms with van der Waals surface area (Å²) in [5.74, 6) is 1.22. The molecule has 0 bridgehead atoms. The molecule has 1 aromatic carbocycles. The molecule has 0 radical (unpaired) electrons. The van der Waals surface area contributed by atoms with Crippen molar-refractivity contribution in [3.8, 4) is 0 Å². The van der Waals surface area contributed by atoms with Crippen molar-refractivity contribution in [3.63, 3.8) is 0 Å². The van der Waals surface area contributed by atoms with Gasteiger partial charge >= 0.3 is 0 Å². The first-order valence-corrected chi connectivity index (χ1v) is 10.8. The van der Waals surface area contributed by atoms with Crippen molar-refractivity contribution in [2.45, 2.75) is 38.6 Å². The summed E-state index contributed by atoms with van der Waals surface area (Å²) < 4.78 is 24.5. The molecular weight excluding hydrogens is 498 g/mol. The molecule has 2 atom stereocenters. The Morgan fingerprint density at radius 1 is 1.37 bits per heavy atom. The Labute approximate surface area is 197 Å². The standard InChI is InChI=1S/C22H35FN4O2.HI/c1-17-13-19(23)6-7-21(17)27-10-3-5-20(14-27)26-22(24-2)25-9-4-11-28-15-18-8-12-29-16-18;/h6-7,13,18,20H,3-5,8-12,14-16H2,1-2H3,(H2,24,25,26);1H. The van der Waals surface area contributed by atoms with E-state index < -0.39 is 0 Å². The van der Waals surface area contributed by atoms with Crippen molar-refractivity contribution in [1.82, 2.24) is 10.6 Å². The van der Waals surface area contributed by atoms with Gasteiger partial charge in [-0.25, -0.2) is 4.39 Å². The number of aryl methyl sites for hydroxylation is 1. The second kappa shape index (κ2) is 13.3. The lowest BCUT2D eigenvalue weighted by molar-refractivity contribution is 0.0888. The van der Waals surface area contributed by atoms with E-state index >= 15 is 0 Å². The largest absolute Gasteiger partial charge is 0.381 e. The summed E-state index contributed by atoms with van der Waals surface area (Å²) in [5, 5.41) is 6.92. The molecule has 170 valence electrons. The number of hydrogen-bond acceptors (Lipinski definition) is 4. The predicted octanol–water partition coefficient (Wildman–Crippen LogP) is 3.33. The minimum Gasteiger partial charge on any atom is -0.381 e. The van der Waals surface area contributed by atoms with Crippen LogP contribution in [0.5, 0.6) is 0 Å². The molecular formula is C22H36FIN4O2. The summed E-state index contributed by atoms with van der Waals surface area (Å²) in [6.45, 7) is 7.95. The molecule has 6 nitrogen and oxygen atoms in total. The summed E-state index contributed by atoms with van der Waals surface area (Å²) >= 11 is 0. The van der Waals surface area contributed by atoms with Gasteiger partial charge in [-0.3, -0.25) is 4.99 Å². The molecule has 2 fully saturated rings. The van der Waals surface area contributed by atoms with Gasteiger partial charge in [-0.2, -0.15) is 0 Å². The van der Waals surface area contributed by atoms with Crippen LogP contribution < -0.4 is 15.5 Å². The molecule has 0 aliphatic carbocycles. The zero-order valence-electron chi connectivity index (χ0n) is 18.2. The fourth-order valence-electron chi connectivity index (χ4n) is 4.02. The molecule has 0 aromatic heterocycles. The number of aliphatic imine (C=N–C) groups is 1. The summed E-state index contributed by atoms with van der Waals surface area (Å²) in [7, 11) is 1.80. The van der Waals surface area contributed by atoms with E-state index in [9.17, 15) is 4.39 Å². The fourth-order valence-corrected chi connectivity index (χ4v) is 4.02. The van der Waals surface area contributed by atoms with Gasteiger partial charge in [0.1, 0.15) is 5.82 Å². The van der Waals surface area contributed by atoms with E-state index in [4.69, 9.17) is 9.47 Å². The molecule has 8 heteroatoms. The normalized spacial score (nSPS) is 22.0. The van der Waals surface area contributed by atoms with E-state index in [2.05, 4.69) is 20.5 Å². The molecule has 0 saturated carbocycles. The van der Waals surface area contributed by atoms with Crippen molar-refractivity contribution in [2.75, 3.05) is 58.0 Å². The zero-order valence-corrected chi connectivity index (χ0v) is 20.5. The van der Waals surface area contributed by atoms with Gasteiger partial charge < -0.3 is 25.0 Å². The van der Waals surface area contributed by atoms with Crippen molar-refractivity contribution >= 4 is 35.6 Å². The van der Waals surface area contributed by atoms with Gasteiger partial charge in [-0.1, -0.05) is 0 Å². The van der Waals surface area contributed by atoms with Crippen molar-refractivity contribution in [2.24, 2.45) is 10.9 Å². The van der Waals surface area contributed by atoms with Crippen molar-refractivity contribution < 1.29 is 13.9 Å². The molecule has 2 N–H and O–H groups in total. The van der Waals surface area contributed by atoms with E-state index in [0.29, 0.717) is 12.0 Å². The number of piperidine rings is 1. The van der Waals surface area contributed by atoms with Gasteiger partial charge in [0.2, 0.25) is 0 Å². The van der Waals surface area contributed by atoms with Gasteiger partial charge in [-0.05, 0) is 56.4 Å². The lowest BCUT2D eigenvalue weighted by Crippen LogP contribution is -2.51. The highest BCUT2D eigenvalue weighted by atomic mass is 127. The number of nitrogens with zero attached hydrogens (tertiary/aromatic N) is 2. The second-order valence-corrected chi connectivity index (χ2v) is 8.02. The van der Waals surface area contributed by atoms with Gasteiger partial charge in [0.25, 0.3) is 0 Å². The maximum Gasteiger partial charge on any atom is 0.191 e. The Balaban J connectivity index is 0.00000320. The highest BCUT2D eigenvalue weighted by Gasteiger charge is 2.22. The highest BCUT2D eigenvalue weighted by molar-refractivity contribution is 14.0. The van der Waals surface area contributed by atoms with Crippen LogP contribution in [0.2, 0.25) is 0 Å². The Morgan fingerprint density at radius 2 is 2.23 bits per heavy atom. The fraction of sp³-hybridized carbons (Fsp3) is 0.682. The van der Waals surface area contributed by atoms with Crippen molar-refractivity contribution in [1.29, 1.82) is 0 Å². The van der Waals surface area contributed by atoms with Crippen LogP contribution in [-0.4, -0.2) is 65.1 Å². The first-order valence-electron chi connectivity index (χ1n) is 10.8. The average molecular weight is 534 g/mol. The Bertz CT molecular complexity index is 671. The predicted molar refractivity (Wildman–Crippen MR) is 131 cm³/mol. The molecule has 2 aliphatic heterocycles. The van der Waals surface area contributed by atoms with E-state index in [1.165, 1.54) is 0 Å². The maximum atomic E-state index is 13.4. The number of anilines is 1. The van der Waals surface area contributed by atoms with Crippen LogP contribution in [0.25, 0.3) is 0 Å².